The van der Waals surface area contributed by atoms with Gasteiger partial charge in [0.1, 0.15) is 12.4 Å². The van der Waals surface area contributed by atoms with Gasteiger partial charge in [-0.1, -0.05) is 24.3 Å². The number of pyridine rings is 1. The van der Waals surface area contributed by atoms with Crippen molar-refractivity contribution in [2.75, 3.05) is 12.4 Å². The van der Waals surface area contributed by atoms with Crippen LogP contribution in [0.15, 0.2) is 73.1 Å². The van der Waals surface area contributed by atoms with Crippen LogP contribution >= 0.6 is 0 Å². The van der Waals surface area contributed by atoms with Crippen molar-refractivity contribution in [1.29, 1.82) is 0 Å². The zero-order valence-corrected chi connectivity index (χ0v) is 16.8. The first kappa shape index (κ1) is 20.9. The molecule has 154 valence electrons. The Balaban J connectivity index is 1.53. The Morgan fingerprint density at radius 3 is 2.57 bits per heavy atom. The lowest BCUT2D eigenvalue weighted by atomic mass is 10.1. The summed E-state index contributed by atoms with van der Waals surface area (Å²) >= 11 is 0. The number of nitrogens with one attached hydrogen (secondary N) is 2. The largest absolute Gasteiger partial charge is 0.489 e. The molecule has 0 radical (unpaired) electrons. The predicted molar refractivity (Wildman–Crippen MR) is 113 cm³/mol. The van der Waals surface area contributed by atoms with Gasteiger partial charge in [0.2, 0.25) is 0 Å². The third-order valence-electron chi connectivity index (χ3n) is 4.40. The van der Waals surface area contributed by atoms with Crippen molar-refractivity contribution in [2.24, 2.45) is 0 Å². The van der Waals surface area contributed by atoms with Crippen molar-refractivity contribution in [3.63, 3.8) is 0 Å². The fraction of sp³-hybridized carbons (Fsp3) is 0.174. The SMILES string of the molecule is COC(=O)c1cccc(NC(=O)N[C@H](C)c2ccc(OCc3cccnc3)cc2)c1. The second-order valence-corrected chi connectivity index (χ2v) is 6.61. The number of ether oxygens (including phenoxy) is 2. The third kappa shape index (κ3) is 5.81. The van der Waals surface area contributed by atoms with E-state index in [1.54, 1.807) is 36.7 Å². The van der Waals surface area contributed by atoms with E-state index in [1.807, 2.05) is 43.3 Å². The van der Waals surface area contributed by atoms with Gasteiger partial charge >= 0.3 is 12.0 Å². The second kappa shape index (κ2) is 10.1. The molecule has 2 N–H and O–H groups in total. The zero-order chi connectivity index (χ0) is 21.3. The molecule has 1 atom stereocenters. The van der Waals surface area contributed by atoms with Crippen LogP contribution in [0.5, 0.6) is 5.75 Å². The van der Waals surface area contributed by atoms with Crippen molar-refractivity contribution in [1.82, 2.24) is 10.3 Å². The van der Waals surface area contributed by atoms with Crippen LogP contribution in [0.4, 0.5) is 10.5 Å². The summed E-state index contributed by atoms with van der Waals surface area (Å²) in [5.41, 5.74) is 2.79. The molecule has 0 unspecified atom stereocenters. The summed E-state index contributed by atoms with van der Waals surface area (Å²) in [7, 11) is 1.31. The van der Waals surface area contributed by atoms with Gasteiger partial charge < -0.3 is 20.1 Å². The predicted octanol–water partition coefficient (Wildman–Crippen LogP) is 4.33. The number of aromatic nitrogens is 1. The minimum atomic E-state index is -0.460. The number of hydrogen-bond donors (Lipinski definition) is 2. The van der Waals surface area contributed by atoms with E-state index in [0.29, 0.717) is 17.9 Å². The van der Waals surface area contributed by atoms with E-state index >= 15 is 0 Å². The summed E-state index contributed by atoms with van der Waals surface area (Å²) in [4.78, 5) is 28.0. The molecule has 0 fully saturated rings. The highest BCUT2D eigenvalue weighted by Gasteiger charge is 2.11. The van der Waals surface area contributed by atoms with E-state index in [1.165, 1.54) is 7.11 Å². The molecule has 7 nitrogen and oxygen atoms in total. The highest BCUT2D eigenvalue weighted by Crippen LogP contribution is 2.19. The van der Waals surface area contributed by atoms with Crippen molar-refractivity contribution >= 4 is 17.7 Å². The van der Waals surface area contributed by atoms with Gasteiger partial charge in [-0.25, -0.2) is 9.59 Å². The number of nitrogens with zero attached hydrogens (tertiary/aromatic N) is 1. The Morgan fingerprint density at radius 2 is 1.87 bits per heavy atom. The molecule has 1 heterocycles. The summed E-state index contributed by atoms with van der Waals surface area (Å²) in [6.07, 6.45) is 3.48. The fourth-order valence-corrected chi connectivity index (χ4v) is 2.79. The van der Waals surface area contributed by atoms with Crippen molar-refractivity contribution in [3.05, 3.63) is 89.7 Å². The number of hydrogen-bond acceptors (Lipinski definition) is 5. The average Bonchev–Trinajstić information content (AvgIpc) is 2.78. The quantitative estimate of drug-likeness (QED) is 0.571. The first-order valence-electron chi connectivity index (χ1n) is 9.42. The highest BCUT2D eigenvalue weighted by atomic mass is 16.5. The van der Waals surface area contributed by atoms with E-state index < -0.39 is 5.97 Å². The molecule has 0 saturated heterocycles. The highest BCUT2D eigenvalue weighted by molar-refractivity contribution is 5.94. The molecule has 0 aliphatic rings. The Hall–Kier alpha value is -3.87. The monoisotopic (exact) mass is 405 g/mol. The normalized spacial score (nSPS) is 11.3. The van der Waals surface area contributed by atoms with Gasteiger partial charge in [-0.05, 0) is 48.9 Å². The van der Waals surface area contributed by atoms with Crippen LogP contribution in [0.25, 0.3) is 0 Å². The molecule has 1 aromatic heterocycles. The van der Waals surface area contributed by atoms with E-state index in [9.17, 15) is 9.59 Å². The average molecular weight is 405 g/mol. The van der Waals surface area contributed by atoms with Crippen molar-refractivity contribution in [3.8, 4) is 5.75 Å². The Kier molecular flexibility index (Phi) is 7.00. The minimum absolute atomic E-state index is 0.221. The van der Waals surface area contributed by atoms with Crippen LogP contribution in [-0.4, -0.2) is 24.1 Å². The number of benzene rings is 2. The molecule has 0 saturated carbocycles. The van der Waals surface area contributed by atoms with E-state index in [-0.39, 0.29) is 12.1 Å². The third-order valence-corrected chi connectivity index (χ3v) is 4.40. The molecule has 3 rings (SSSR count). The molecule has 30 heavy (non-hydrogen) atoms. The van der Waals surface area contributed by atoms with Gasteiger partial charge in [0.15, 0.2) is 0 Å². The van der Waals surface area contributed by atoms with Gasteiger partial charge in [0.25, 0.3) is 0 Å². The van der Waals surface area contributed by atoms with Crippen molar-refractivity contribution in [2.45, 2.75) is 19.6 Å². The maximum Gasteiger partial charge on any atom is 0.337 e. The smallest absolute Gasteiger partial charge is 0.337 e. The lowest BCUT2D eigenvalue weighted by molar-refractivity contribution is 0.0600. The van der Waals surface area contributed by atoms with E-state index in [4.69, 9.17) is 9.47 Å². The lowest BCUT2D eigenvalue weighted by Gasteiger charge is -2.16. The van der Waals surface area contributed by atoms with Crippen LogP contribution in [0.2, 0.25) is 0 Å². The molecule has 0 aliphatic heterocycles. The minimum Gasteiger partial charge on any atom is -0.489 e. The summed E-state index contributed by atoms with van der Waals surface area (Å²) in [6.45, 7) is 2.32. The summed E-state index contributed by atoms with van der Waals surface area (Å²) < 4.78 is 10.4. The number of rotatable bonds is 7. The van der Waals surface area contributed by atoms with E-state index in [2.05, 4.69) is 15.6 Å². The number of carbonyl (C=O) groups is 2. The Labute approximate surface area is 175 Å². The topological polar surface area (TPSA) is 89.5 Å². The summed E-state index contributed by atoms with van der Waals surface area (Å²) in [5.74, 6) is 0.275. The zero-order valence-electron chi connectivity index (χ0n) is 16.8. The first-order valence-corrected chi connectivity index (χ1v) is 9.42. The van der Waals surface area contributed by atoms with Gasteiger partial charge in [0, 0.05) is 23.6 Å². The Morgan fingerprint density at radius 1 is 1.07 bits per heavy atom. The molecule has 3 aromatic rings. The molecule has 0 aliphatic carbocycles. The molecule has 7 heteroatoms. The van der Waals surface area contributed by atoms with E-state index in [0.717, 1.165) is 16.9 Å². The molecular formula is C23H23N3O4. The van der Waals surface area contributed by atoms with Crippen LogP contribution in [-0.2, 0) is 11.3 Å². The molecule has 2 aromatic carbocycles. The number of anilines is 1. The number of urea groups is 1. The number of methoxy groups -OCH3 is 1. The maximum atomic E-state index is 12.3. The van der Waals surface area contributed by atoms with Crippen LogP contribution < -0.4 is 15.4 Å². The van der Waals surface area contributed by atoms with Gasteiger partial charge in [-0.15, -0.1) is 0 Å². The second-order valence-electron chi connectivity index (χ2n) is 6.61. The van der Waals surface area contributed by atoms with Crippen LogP contribution in [0, 0.1) is 0 Å². The molecule has 0 bridgehead atoms. The van der Waals surface area contributed by atoms with Gasteiger partial charge in [-0.3, -0.25) is 4.98 Å². The first-order chi connectivity index (χ1) is 14.5. The number of carbonyl (C=O) groups excluding carboxylic acids is 2. The molecule has 0 spiro atoms. The van der Waals surface area contributed by atoms with Gasteiger partial charge in [-0.2, -0.15) is 0 Å². The molecular weight excluding hydrogens is 382 g/mol. The lowest BCUT2D eigenvalue weighted by Crippen LogP contribution is -2.31. The molecule has 2 amide bonds. The number of esters is 1. The van der Waals surface area contributed by atoms with Crippen LogP contribution in [0.1, 0.15) is 34.5 Å². The van der Waals surface area contributed by atoms with Crippen LogP contribution in [0.3, 0.4) is 0 Å². The fourth-order valence-electron chi connectivity index (χ4n) is 2.79. The standard InChI is InChI=1S/C23H23N3O4/c1-16(25-23(28)26-20-7-3-6-19(13-20)22(27)29-2)18-8-10-21(11-9-18)30-15-17-5-4-12-24-14-17/h3-14,16H,15H2,1-2H3,(H2,25,26,28)/t16-/m1/s1. The Bertz CT molecular complexity index is 991. The van der Waals surface area contributed by atoms with Gasteiger partial charge in [0.05, 0.1) is 18.7 Å². The summed E-state index contributed by atoms with van der Waals surface area (Å²) in [6, 6.07) is 17.3. The van der Waals surface area contributed by atoms with Crippen molar-refractivity contribution < 1.29 is 19.1 Å². The summed E-state index contributed by atoms with van der Waals surface area (Å²) in [5, 5.41) is 5.59. The number of amides is 2. The maximum absolute atomic E-state index is 12.3.